The van der Waals surface area contributed by atoms with Gasteiger partial charge in [0.2, 0.25) is 0 Å². The van der Waals surface area contributed by atoms with Crippen LogP contribution in [-0.4, -0.2) is 15.9 Å². The number of nitrogens with zero attached hydrogens (tertiary/aromatic N) is 1. The third-order valence-corrected chi connectivity index (χ3v) is 10.0. The Hall–Kier alpha value is -3.53. The molecule has 4 nitrogen and oxygen atoms in total. The van der Waals surface area contributed by atoms with Crippen LogP contribution in [0.2, 0.25) is 0 Å². The third-order valence-electron chi connectivity index (χ3n) is 10.0. The van der Waals surface area contributed by atoms with Gasteiger partial charge in [-0.15, -0.1) is 29.1 Å². The number of para-hydroxylation sites is 1. The number of hydrogen-bond acceptors (Lipinski definition) is 4. The Morgan fingerprint density at radius 3 is 2.15 bits per heavy atom. The second kappa shape index (κ2) is 15.6. The average molecular weight is 809 g/mol. The number of carbonyl (C=O) groups is 1. The minimum absolute atomic E-state index is 0. The van der Waals surface area contributed by atoms with Gasteiger partial charge in [-0.05, 0) is 48.8 Å². The van der Waals surface area contributed by atoms with Crippen LogP contribution in [0.5, 0.6) is 0 Å². The number of ketones is 1. The van der Waals surface area contributed by atoms with E-state index < -0.39 is 0 Å². The SMILES string of the molecule is CC(C)(C)c1cc(-c2cc(-c3cccc4ccoc34)ccn2)[c-]c2ccccc12.CCC(C)(CC)C(=O)/C=C(\O)C(C)(CC)CC.[Ir]. The number of benzene rings is 3. The first-order valence-corrected chi connectivity index (χ1v) is 16.6. The molecule has 5 heteroatoms. The molecule has 0 aliphatic heterocycles. The summed E-state index contributed by atoms with van der Waals surface area (Å²) in [6.07, 6.45) is 8.36. The fourth-order valence-electron chi connectivity index (χ4n) is 5.64. The fraction of sp³-hybridized carbons (Fsp3) is 0.381. The number of hydrogen-bond donors (Lipinski definition) is 1. The van der Waals surface area contributed by atoms with Crippen LogP contribution in [0.1, 0.15) is 93.6 Å². The van der Waals surface area contributed by atoms with E-state index in [9.17, 15) is 9.90 Å². The second-order valence-corrected chi connectivity index (χ2v) is 13.9. The molecule has 0 aliphatic carbocycles. The standard InChI is InChI=1S/C27H22NO.C15H28O2.Ir/c1-27(2,3)24-16-21(15-19-7-4-5-9-22(19)24)25-17-20(11-13-28-25)23-10-6-8-18-12-14-29-26(18)23;1-7-14(5,8-2)12(16)11-13(17)15(6,9-3)10-4;/h4-14,16-17H,1-3H3;11,16H,7-10H2,1-6H3;/q-1;;/b;12-11-;. The van der Waals surface area contributed by atoms with Crippen molar-refractivity contribution in [2.75, 3.05) is 0 Å². The number of carbonyl (C=O) groups excluding carboxylic acids is 1. The summed E-state index contributed by atoms with van der Waals surface area (Å²) < 4.78 is 5.74. The Morgan fingerprint density at radius 1 is 0.851 bits per heavy atom. The number of fused-ring (bicyclic) bond motifs is 2. The van der Waals surface area contributed by atoms with Crippen molar-refractivity contribution in [3.05, 3.63) is 103 Å². The number of aromatic nitrogens is 1. The molecule has 2 heterocycles. The van der Waals surface area contributed by atoms with Gasteiger partial charge in [-0.2, -0.15) is 0 Å². The molecule has 5 aromatic rings. The third kappa shape index (κ3) is 8.31. The summed E-state index contributed by atoms with van der Waals surface area (Å²) in [5, 5.41) is 13.6. The van der Waals surface area contributed by atoms with Gasteiger partial charge in [0, 0.05) is 59.9 Å². The molecular weight excluding hydrogens is 759 g/mol. The zero-order valence-corrected chi connectivity index (χ0v) is 31.9. The van der Waals surface area contributed by atoms with Crippen molar-refractivity contribution in [3.8, 4) is 22.4 Å². The van der Waals surface area contributed by atoms with E-state index in [0.717, 1.165) is 64.4 Å². The van der Waals surface area contributed by atoms with Crippen molar-refractivity contribution in [2.45, 2.75) is 93.4 Å². The molecule has 1 radical (unpaired) electrons. The molecule has 0 fully saturated rings. The molecule has 0 bridgehead atoms. The smallest absolute Gasteiger partial charge is 0.164 e. The molecule has 3 aromatic carbocycles. The van der Waals surface area contributed by atoms with Gasteiger partial charge >= 0.3 is 0 Å². The first-order valence-electron chi connectivity index (χ1n) is 16.6. The van der Waals surface area contributed by atoms with E-state index in [0.29, 0.717) is 0 Å². The molecule has 0 aliphatic rings. The number of furan rings is 1. The Balaban J connectivity index is 0.000000290. The van der Waals surface area contributed by atoms with Crippen molar-refractivity contribution < 1.29 is 34.4 Å². The first kappa shape index (κ1) is 37.9. The van der Waals surface area contributed by atoms with Crippen LogP contribution >= 0.6 is 0 Å². The van der Waals surface area contributed by atoms with Gasteiger partial charge in [-0.3, -0.25) is 9.78 Å². The molecule has 5 rings (SSSR count). The van der Waals surface area contributed by atoms with E-state index in [2.05, 4.69) is 86.4 Å². The summed E-state index contributed by atoms with van der Waals surface area (Å²) in [5.74, 6) is 0.286. The normalized spacial score (nSPS) is 12.4. The number of aliphatic hydroxyl groups excluding tert-OH is 1. The zero-order valence-electron chi connectivity index (χ0n) is 29.5. The second-order valence-electron chi connectivity index (χ2n) is 13.9. The topological polar surface area (TPSA) is 63.3 Å². The van der Waals surface area contributed by atoms with Gasteiger partial charge in [-0.1, -0.05) is 116 Å². The predicted octanol–water partition coefficient (Wildman–Crippen LogP) is 12.1. The molecule has 0 saturated carbocycles. The van der Waals surface area contributed by atoms with Gasteiger partial charge in [0.15, 0.2) is 5.78 Å². The van der Waals surface area contributed by atoms with E-state index in [-0.39, 0.29) is 47.9 Å². The van der Waals surface area contributed by atoms with E-state index in [1.165, 1.54) is 17.0 Å². The minimum atomic E-state index is -0.337. The van der Waals surface area contributed by atoms with E-state index >= 15 is 0 Å². The van der Waals surface area contributed by atoms with Crippen LogP contribution < -0.4 is 0 Å². The predicted molar refractivity (Wildman–Crippen MR) is 193 cm³/mol. The van der Waals surface area contributed by atoms with Crippen LogP contribution in [-0.2, 0) is 30.3 Å². The summed E-state index contributed by atoms with van der Waals surface area (Å²) in [6, 6.07) is 26.7. The van der Waals surface area contributed by atoms with Gasteiger partial charge in [0.25, 0.3) is 0 Å². The van der Waals surface area contributed by atoms with Crippen LogP contribution in [0.15, 0.2) is 95.4 Å². The molecule has 0 unspecified atom stereocenters. The maximum atomic E-state index is 12.2. The molecule has 0 spiro atoms. The van der Waals surface area contributed by atoms with Crippen molar-refractivity contribution in [1.82, 2.24) is 4.98 Å². The van der Waals surface area contributed by atoms with E-state index in [4.69, 9.17) is 4.42 Å². The first-order chi connectivity index (χ1) is 21.8. The Kier molecular flexibility index (Phi) is 12.6. The average Bonchev–Trinajstić information content (AvgIpc) is 3.56. The summed E-state index contributed by atoms with van der Waals surface area (Å²) in [5.41, 5.74) is 5.74. The number of aliphatic hydroxyl groups is 1. The molecule has 47 heavy (non-hydrogen) atoms. The van der Waals surface area contributed by atoms with Crippen LogP contribution in [0.3, 0.4) is 0 Å². The summed E-state index contributed by atoms with van der Waals surface area (Å²) in [6.45, 7) is 18.8. The van der Waals surface area contributed by atoms with Gasteiger partial charge in [-0.25, -0.2) is 0 Å². The van der Waals surface area contributed by atoms with Gasteiger partial charge in [0.05, 0.1) is 6.26 Å². The molecule has 1 N–H and O–H groups in total. The quantitative estimate of drug-likeness (QED) is 0.0915. The van der Waals surface area contributed by atoms with Crippen molar-refractivity contribution >= 4 is 27.5 Å². The van der Waals surface area contributed by atoms with E-state index in [1.807, 2.05) is 59.9 Å². The molecule has 2 aromatic heterocycles. The molecule has 0 amide bonds. The summed E-state index contributed by atoms with van der Waals surface area (Å²) in [4.78, 5) is 16.9. The van der Waals surface area contributed by atoms with Crippen LogP contribution in [0.25, 0.3) is 44.1 Å². The Bertz CT molecular complexity index is 1830. The molecule has 0 atom stereocenters. The summed E-state index contributed by atoms with van der Waals surface area (Å²) >= 11 is 0. The maximum Gasteiger partial charge on any atom is 0.164 e. The maximum absolute atomic E-state index is 12.2. The number of pyridine rings is 1. The van der Waals surface area contributed by atoms with Gasteiger partial charge in [0.1, 0.15) is 11.3 Å². The molecular formula is C42H50IrNO3-. The number of allylic oxidation sites excluding steroid dienone is 2. The summed E-state index contributed by atoms with van der Waals surface area (Å²) in [7, 11) is 0. The van der Waals surface area contributed by atoms with Crippen molar-refractivity contribution in [3.63, 3.8) is 0 Å². The molecule has 0 saturated heterocycles. The number of rotatable bonds is 9. The fourth-order valence-corrected chi connectivity index (χ4v) is 5.64. The minimum Gasteiger partial charge on any atom is -0.512 e. The largest absolute Gasteiger partial charge is 0.512 e. The molecule has 251 valence electrons. The van der Waals surface area contributed by atoms with Gasteiger partial charge < -0.3 is 9.52 Å². The monoisotopic (exact) mass is 809 g/mol. The van der Waals surface area contributed by atoms with E-state index in [1.54, 1.807) is 6.26 Å². The van der Waals surface area contributed by atoms with Crippen LogP contribution in [0.4, 0.5) is 0 Å². The van der Waals surface area contributed by atoms with Crippen molar-refractivity contribution in [2.24, 2.45) is 10.8 Å². The Morgan fingerprint density at radius 2 is 1.51 bits per heavy atom. The zero-order chi connectivity index (χ0) is 33.7. The van der Waals surface area contributed by atoms with Crippen LogP contribution in [0, 0.1) is 16.9 Å². The van der Waals surface area contributed by atoms with Crippen molar-refractivity contribution in [1.29, 1.82) is 0 Å². The Labute approximate surface area is 295 Å².